The number of hydrogen-bond acceptors (Lipinski definition) is 5. The summed E-state index contributed by atoms with van der Waals surface area (Å²) in [7, 11) is -3.56. The van der Waals surface area contributed by atoms with Crippen LogP contribution < -0.4 is 10.1 Å². The standard InChI is InChI=1S/C24H39N3O4S/c1-5-31-21-8-10-22(11-9-21)32(29,30)27-15-12-20(13-16-27)23(28)25-18-24(3,4)26-14-6-7-19(2)17-26/h8-11,19-20H,5-7,12-18H2,1-4H3,(H,25,28). The van der Waals surface area contributed by atoms with E-state index in [9.17, 15) is 13.2 Å². The fraction of sp³-hybridized carbons (Fsp3) is 0.708. The molecule has 8 heteroatoms. The molecule has 2 aliphatic rings. The molecule has 0 aromatic heterocycles. The number of carbonyl (C=O) groups excluding carboxylic acids is 1. The van der Waals surface area contributed by atoms with Gasteiger partial charge in [0.1, 0.15) is 5.75 Å². The van der Waals surface area contributed by atoms with Crippen molar-refractivity contribution in [2.75, 3.05) is 39.3 Å². The van der Waals surface area contributed by atoms with Gasteiger partial charge in [-0.2, -0.15) is 4.31 Å². The highest BCUT2D eigenvalue weighted by atomic mass is 32.2. The van der Waals surface area contributed by atoms with Crippen LogP contribution in [0.4, 0.5) is 0 Å². The second-order valence-electron chi connectivity index (χ2n) is 9.81. The lowest BCUT2D eigenvalue weighted by Crippen LogP contribution is -2.55. The highest BCUT2D eigenvalue weighted by molar-refractivity contribution is 7.89. The van der Waals surface area contributed by atoms with Gasteiger partial charge >= 0.3 is 0 Å². The zero-order valence-corrected chi connectivity index (χ0v) is 20.8. The fourth-order valence-electron chi connectivity index (χ4n) is 4.68. The van der Waals surface area contributed by atoms with E-state index in [4.69, 9.17) is 4.74 Å². The topological polar surface area (TPSA) is 79.0 Å². The average molecular weight is 466 g/mol. The van der Waals surface area contributed by atoms with E-state index < -0.39 is 10.0 Å². The highest BCUT2D eigenvalue weighted by Gasteiger charge is 2.34. The number of carbonyl (C=O) groups is 1. The Morgan fingerprint density at radius 2 is 1.78 bits per heavy atom. The number of benzene rings is 1. The van der Waals surface area contributed by atoms with Crippen molar-refractivity contribution in [2.24, 2.45) is 11.8 Å². The van der Waals surface area contributed by atoms with E-state index in [-0.39, 0.29) is 22.3 Å². The zero-order chi connectivity index (χ0) is 23.4. The minimum atomic E-state index is -3.56. The van der Waals surface area contributed by atoms with Crippen molar-refractivity contribution in [3.8, 4) is 5.75 Å². The lowest BCUT2D eigenvalue weighted by atomic mass is 9.93. The van der Waals surface area contributed by atoms with E-state index in [1.54, 1.807) is 24.3 Å². The molecule has 0 spiro atoms. The first-order chi connectivity index (χ1) is 15.1. The predicted molar refractivity (Wildman–Crippen MR) is 126 cm³/mol. The van der Waals surface area contributed by atoms with Crippen LogP contribution in [0.5, 0.6) is 5.75 Å². The molecule has 2 fully saturated rings. The first kappa shape index (κ1) is 25.0. The molecule has 2 heterocycles. The lowest BCUT2D eigenvalue weighted by molar-refractivity contribution is -0.126. The number of ether oxygens (including phenoxy) is 1. The van der Waals surface area contributed by atoms with Gasteiger partial charge in [0.15, 0.2) is 0 Å². The molecule has 0 saturated carbocycles. The molecule has 1 unspecified atom stereocenters. The van der Waals surface area contributed by atoms with E-state index in [1.165, 1.54) is 17.1 Å². The molecule has 0 bridgehead atoms. The normalized spacial score (nSPS) is 21.9. The van der Waals surface area contributed by atoms with Gasteiger partial charge in [-0.15, -0.1) is 0 Å². The third-order valence-electron chi connectivity index (χ3n) is 6.81. The third kappa shape index (κ3) is 6.02. The Labute approximate surface area is 193 Å². The van der Waals surface area contributed by atoms with Gasteiger partial charge in [0.05, 0.1) is 11.5 Å². The second-order valence-corrected chi connectivity index (χ2v) is 11.7. The number of sulfonamides is 1. The third-order valence-corrected chi connectivity index (χ3v) is 8.72. The Bertz CT molecular complexity index is 862. The van der Waals surface area contributed by atoms with Crippen molar-refractivity contribution in [1.29, 1.82) is 0 Å². The number of rotatable bonds is 8. The Morgan fingerprint density at radius 3 is 2.38 bits per heavy atom. The Hall–Kier alpha value is -1.64. The molecule has 1 amide bonds. The lowest BCUT2D eigenvalue weighted by Gasteiger charge is -2.43. The molecule has 0 radical (unpaired) electrons. The molecule has 1 atom stereocenters. The molecule has 2 saturated heterocycles. The molecule has 7 nitrogen and oxygen atoms in total. The molecule has 1 aromatic carbocycles. The Balaban J connectivity index is 1.50. The van der Waals surface area contributed by atoms with Crippen molar-refractivity contribution in [1.82, 2.24) is 14.5 Å². The van der Waals surface area contributed by atoms with E-state index in [2.05, 4.69) is 31.0 Å². The van der Waals surface area contributed by atoms with Gasteiger partial charge < -0.3 is 10.1 Å². The maximum absolute atomic E-state index is 13.0. The summed E-state index contributed by atoms with van der Waals surface area (Å²) in [5.41, 5.74) is -0.0813. The number of amides is 1. The maximum atomic E-state index is 13.0. The van der Waals surface area contributed by atoms with Gasteiger partial charge in [0, 0.05) is 37.6 Å². The van der Waals surface area contributed by atoms with Crippen LogP contribution in [0.2, 0.25) is 0 Å². The summed E-state index contributed by atoms with van der Waals surface area (Å²) >= 11 is 0. The molecular formula is C24H39N3O4S. The molecule has 1 N–H and O–H groups in total. The summed E-state index contributed by atoms with van der Waals surface area (Å²) < 4.78 is 32.8. The van der Waals surface area contributed by atoms with Gasteiger partial charge in [-0.05, 0) is 83.2 Å². The number of nitrogens with one attached hydrogen (secondary N) is 1. The number of likely N-dealkylation sites (tertiary alicyclic amines) is 1. The van der Waals surface area contributed by atoms with Crippen molar-refractivity contribution < 1.29 is 17.9 Å². The van der Waals surface area contributed by atoms with Crippen LogP contribution in [0.15, 0.2) is 29.2 Å². The van der Waals surface area contributed by atoms with Crippen LogP contribution in [0.1, 0.15) is 53.4 Å². The summed E-state index contributed by atoms with van der Waals surface area (Å²) in [6.45, 7) is 12.6. The molecule has 0 aliphatic carbocycles. The van der Waals surface area contributed by atoms with Gasteiger partial charge in [-0.25, -0.2) is 8.42 Å². The number of hydrogen-bond donors (Lipinski definition) is 1. The highest BCUT2D eigenvalue weighted by Crippen LogP contribution is 2.26. The summed E-state index contributed by atoms with van der Waals surface area (Å²) in [5.74, 6) is 1.25. The van der Waals surface area contributed by atoms with E-state index in [0.717, 1.165) is 13.1 Å². The monoisotopic (exact) mass is 465 g/mol. The summed E-state index contributed by atoms with van der Waals surface area (Å²) in [6, 6.07) is 6.54. The number of piperidine rings is 2. The van der Waals surface area contributed by atoms with Gasteiger partial charge in [-0.1, -0.05) is 6.92 Å². The fourth-order valence-corrected chi connectivity index (χ4v) is 6.15. The Morgan fingerprint density at radius 1 is 1.12 bits per heavy atom. The van der Waals surface area contributed by atoms with Crippen LogP contribution in [0.25, 0.3) is 0 Å². The predicted octanol–water partition coefficient (Wildman–Crippen LogP) is 3.11. The first-order valence-corrected chi connectivity index (χ1v) is 13.3. The molecule has 3 rings (SSSR count). The molecule has 1 aromatic rings. The van der Waals surface area contributed by atoms with Crippen molar-refractivity contribution in [3.05, 3.63) is 24.3 Å². The summed E-state index contributed by atoms with van der Waals surface area (Å²) in [4.78, 5) is 15.6. The quantitative estimate of drug-likeness (QED) is 0.638. The molecule has 2 aliphatic heterocycles. The van der Waals surface area contributed by atoms with Crippen molar-refractivity contribution in [2.45, 2.75) is 63.8 Å². The first-order valence-electron chi connectivity index (χ1n) is 11.9. The van der Waals surface area contributed by atoms with E-state index in [1.807, 2.05) is 6.92 Å². The second kappa shape index (κ2) is 10.5. The molecule has 32 heavy (non-hydrogen) atoms. The van der Waals surface area contributed by atoms with Gasteiger partial charge in [-0.3, -0.25) is 9.69 Å². The molecular weight excluding hydrogens is 426 g/mol. The van der Waals surface area contributed by atoms with Crippen molar-refractivity contribution >= 4 is 15.9 Å². The van der Waals surface area contributed by atoms with E-state index >= 15 is 0 Å². The largest absolute Gasteiger partial charge is 0.494 e. The van der Waals surface area contributed by atoms with Crippen LogP contribution >= 0.6 is 0 Å². The van der Waals surface area contributed by atoms with Crippen molar-refractivity contribution in [3.63, 3.8) is 0 Å². The molecule has 180 valence electrons. The summed E-state index contributed by atoms with van der Waals surface area (Å²) in [5, 5.41) is 3.15. The smallest absolute Gasteiger partial charge is 0.243 e. The average Bonchev–Trinajstić information content (AvgIpc) is 2.78. The zero-order valence-electron chi connectivity index (χ0n) is 20.0. The number of nitrogens with zero attached hydrogens (tertiary/aromatic N) is 2. The minimum absolute atomic E-state index is 0.0428. The Kier molecular flexibility index (Phi) is 8.22. The SMILES string of the molecule is CCOc1ccc(S(=O)(=O)N2CCC(C(=O)NCC(C)(C)N3CCCC(C)C3)CC2)cc1. The summed E-state index contributed by atoms with van der Waals surface area (Å²) in [6.07, 6.45) is 3.57. The van der Waals surface area contributed by atoms with Crippen LogP contribution in [0.3, 0.4) is 0 Å². The van der Waals surface area contributed by atoms with Crippen LogP contribution in [-0.2, 0) is 14.8 Å². The minimum Gasteiger partial charge on any atom is -0.494 e. The van der Waals surface area contributed by atoms with Crippen LogP contribution in [0, 0.1) is 11.8 Å². The van der Waals surface area contributed by atoms with Gasteiger partial charge in [0.2, 0.25) is 15.9 Å². The maximum Gasteiger partial charge on any atom is 0.243 e. The van der Waals surface area contributed by atoms with Crippen LogP contribution in [-0.4, -0.2) is 68.4 Å². The van der Waals surface area contributed by atoms with Gasteiger partial charge in [0.25, 0.3) is 0 Å². The van der Waals surface area contributed by atoms with E-state index in [0.29, 0.717) is 50.8 Å².